The van der Waals surface area contributed by atoms with E-state index >= 15 is 0 Å². The van der Waals surface area contributed by atoms with Crippen LogP contribution in [-0.2, 0) is 14.8 Å². The van der Waals surface area contributed by atoms with E-state index in [1.165, 1.54) is 4.31 Å². The van der Waals surface area contributed by atoms with Crippen LogP contribution in [0.1, 0.15) is 36.5 Å². The zero-order valence-electron chi connectivity index (χ0n) is 17.9. The fourth-order valence-corrected chi connectivity index (χ4v) is 4.38. The summed E-state index contributed by atoms with van der Waals surface area (Å²) in [6.45, 7) is 8.59. The van der Waals surface area contributed by atoms with Gasteiger partial charge in [-0.15, -0.1) is 0 Å². The normalized spacial score (nSPS) is 11.5. The van der Waals surface area contributed by atoms with Crippen molar-refractivity contribution >= 4 is 27.3 Å². The van der Waals surface area contributed by atoms with Gasteiger partial charge in [-0.25, -0.2) is 12.7 Å². The Hall–Kier alpha value is -2.38. The second-order valence-electron chi connectivity index (χ2n) is 7.38. The summed E-state index contributed by atoms with van der Waals surface area (Å²) in [5.41, 5.74) is 4.73. The first-order chi connectivity index (χ1) is 13.6. The van der Waals surface area contributed by atoms with Crippen LogP contribution >= 0.6 is 0 Å². The number of nitrogens with one attached hydrogen (secondary N) is 2. The molecule has 0 aromatic heterocycles. The molecule has 0 saturated carbocycles. The SMILES string of the molecule is CCCCN(C)S(=O)(=O)c1ccc(NCC(=O)Nc2c(C)cc(C)cc2C)cc1. The fourth-order valence-electron chi connectivity index (χ4n) is 3.17. The Bertz CT molecular complexity index is 931. The van der Waals surface area contributed by atoms with Gasteiger partial charge in [0, 0.05) is 25.0 Å². The number of sulfonamides is 1. The highest BCUT2D eigenvalue weighted by Crippen LogP contribution is 2.22. The smallest absolute Gasteiger partial charge is 0.243 e. The van der Waals surface area contributed by atoms with Crippen molar-refractivity contribution in [1.82, 2.24) is 4.31 Å². The van der Waals surface area contributed by atoms with Crippen LogP contribution in [-0.4, -0.2) is 38.8 Å². The maximum Gasteiger partial charge on any atom is 0.243 e. The standard InChI is InChI=1S/C22H31N3O3S/c1-6-7-12-25(5)29(27,28)20-10-8-19(9-11-20)23-15-21(26)24-22-17(3)13-16(2)14-18(22)4/h8-11,13-14,23H,6-7,12,15H2,1-5H3,(H,24,26). The van der Waals surface area contributed by atoms with Crippen LogP contribution in [0.4, 0.5) is 11.4 Å². The predicted molar refractivity (Wildman–Crippen MR) is 119 cm³/mol. The molecule has 158 valence electrons. The van der Waals surface area contributed by atoms with Crippen LogP contribution in [0.25, 0.3) is 0 Å². The van der Waals surface area contributed by atoms with E-state index < -0.39 is 10.0 Å². The van der Waals surface area contributed by atoms with Gasteiger partial charge in [-0.2, -0.15) is 0 Å². The van der Waals surface area contributed by atoms with Crippen LogP contribution in [0.3, 0.4) is 0 Å². The van der Waals surface area contributed by atoms with Crippen molar-refractivity contribution in [3.8, 4) is 0 Å². The van der Waals surface area contributed by atoms with Crippen LogP contribution < -0.4 is 10.6 Å². The zero-order chi connectivity index (χ0) is 21.6. The molecule has 0 aliphatic carbocycles. The number of hydrogen-bond acceptors (Lipinski definition) is 4. The quantitative estimate of drug-likeness (QED) is 0.644. The highest BCUT2D eigenvalue weighted by atomic mass is 32.2. The molecule has 0 heterocycles. The number of amides is 1. The minimum atomic E-state index is -3.49. The molecule has 7 heteroatoms. The Morgan fingerprint density at radius 1 is 1.03 bits per heavy atom. The molecule has 6 nitrogen and oxygen atoms in total. The van der Waals surface area contributed by atoms with Crippen molar-refractivity contribution in [2.24, 2.45) is 0 Å². The van der Waals surface area contributed by atoms with E-state index in [2.05, 4.69) is 10.6 Å². The molecule has 0 saturated heterocycles. The number of carbonyl (C=O) groups is 1. The molecule has 0 unspecified atom stereocenters. The number of anilines is 2. The molecule has 0 aliphatic rings. The lowest BCUT2D eigenvalue weighted by Crippen LogP contribution is -2.28. The first kappa shape index (κ1) is 22.9. The molecule has 29 heavy (non-hydrogen) atoms. The van der Waals surface area contributed by atoms with Crippen molar-refractivity contribution in [2.75, 3.05) is 30.8 Å². The molecular formula is C22H31N3O3S. The van der Waals surface area contributed by atoms with Crippen molar-refractivity contribution in [2.45, 2.75) is 45.4 Å². The Morgan fingerprint density at radius 3 is 2.17 bits per heavy atom. The highest BCUT2D eigenvalue weighted by Gasteiger charge is 2.19. The summed E-state index contributed by atoms with van der Waals surface area (Å²) in [4.78, 5) is 12.6. The third-order valence-electron chi connectivity index (χ3n) is 4.78. The van der Waals surface area contributed by atoms with Crippen LogP contribution in [0.15, 0.2) is 41.3 Å². The minimum Gasteiger partial charge on any atom is -0.376 e. The molecule has 2 aromatic rings. The van der Waals surface area contributed by atoms with E-state index in [1.807, 2.05) is 39.8 Å². The van der Waals surface area contributed by atoms with Crippen LogP contribution in [0.2, 0.25) is 0 Å². The summed E-state index contributed by atoms with van der Waals surface area (Å²) in [5.74, 6) is -0.156. The van der Waals surface area contributed by atoms with Crippen LogP contribution in [0.5, 0.6) is 0 Å². The minimum absolute atomic E-state index is 0.0925. The van der Waals surface area contributed by atoms with E-state index in [0.29, 0.717) is 12.2 Å². The molecule has 1 amide bonds. The third kappa shape index (κ3) is 6.05. The summed E-state index contributed by atoms with van der Waals surface area (Å²) in [6.07, 6.45) is 1.76. The molecule has 0 radical (unpaired) electrons. The molecule has 0 atom stereocenters. The van der Waals surface area contributed by atoms with Gasteiger partial charge in [-0.05, 0) is 62.6 Å². The summed E-state index contributed by atoms with van der Waals surface area (Å²) in [6, 6.07) is 10.5. The number of hydrogen-bond donors (Lipinski definition) is 2. The van der Waals surface area contributed by atoms with Gasteiger partial charge in [-0.3, -0.25) is 4.79 Å². The van der Waals surface area contributed by atoms with Gasteiger partial charge < -0.3 is 10.6 Å². The highest BCUT2D eigenvalue weighted by molar-refractivity contribution is 7.89. The summed E-state index contributed by atoms with van der Waals surface area (Å²) < 4.78 is 26.5. The van der Waals surface area contributed by atoms with Crippen molar-refractivity contribution in [1.29, 1.82) is 0 Å². The number of aryl methyl sites for hydroxylation is 3. The third-order valence-corrected chi connectivity index (χ3v) is 6.65. The Balaban J connectivity index is 1.97. The second-order valence-corrected chi connectivity index (χ2v) is 9.42. The molecule has 0 fully saturated rings. The van der Waals surface area contributed by atoms with E-state index in [4.69, 9.17) is 0 Å². The lowest BCUT2D eigenvalue weighted by molar-refractivity contribution is -0.114. The van der Waals surface area contributed by atoms with Gasteiger partial charge in [0.15, 0.2) is 0 Å². The largest absolute Gasteiger partial charge is 0.376 e. The Morgan fingerprint density at radius 2 is 1.62 bits per heavy atom. The van der Waals surface area contributed by atoms with Gasteiger partial charge in [0.2, 0.25) is 15.9 Å². The number of rotatable bonds is 9. The van der Waals surface area contributed by atoms with Gasteiger partial charge in [0.1, 0.15) is 0 Å². The molecular weight excluding hydrogens is 386 g/mol. The van der Waals surface area contributed by atoms with E-state index in [-0.39, 0.29) is 17.3 Å². The van der Waals surface area contributed by atoms with E-state index in [0.717, 1.165) is 35.2 Å². The van der Waals surface area contributed by atoms with Gasteiger partial charge in [0.05, 0.1) is 11.4 Å². The molecule has 0 spiro atoms. The first-order valence-corrected chi connectivity index (χ1v) is 11.3. The Kier molecular flexibility index (Phi) is 7.81. The van der Waals surface area contributed by atoms with Gasteiger partial charge >= 0.3 is 0 Å². The lowest BCUT2D eigenvalue weighted by Gasteiger charge is -2.17. The summed E-state index contributed by atoms with van der Waals surface area (Å²) >= 11 is 0. The van der Waals surface area contributed by atoms with Crippen molar-refractivity contribution in [3.05, 3.63) is 53.1 Å². The first-order valence-electron chi connectivity index (χ1n) is 9.83. The maximum atomic E-state index is 12.5. The van der Waals surface area contributed by atoms with E-state index in [9.17, 15) is 13.2 Å². The fraction of sp³-hybridized carbons (Fsp3) is 0.409. The number of benzene rings is 2. The van der Waals surface area contributed by atoms with Gasteiger partial charge in [-0.1, -0.05) is 31.0 Å². The lowest BCUT2D eigenvalue weighted by atomic mass is 10.1. The average Bonchev–Trinajstić information content (AvgIpc) is 2.67. The molecule has 2 N–H and O–H groups in total. The summed E-state index contributed by atoms with van der Waals surface area (Å²) in [7, 11) is -1.89. The average molecular weight is 418 g/mol. The van der Waals surface area contributed by atoms with E-state index in [1.54, 1.807) is 31.3 Å². The maximum absolute atomic E-state index is 12.5. The van der Waals surface area contributed by atoms with Crippen molar-refractivity contribution < 1.29 is 13.2 Å². The molecule has 0 aliphatic heterocycles. The topological polar surface area (TPSA) is 78.5 Å². The Labute approximate surface area is 174 Å². The second kappa shape index (κ2) is 9.89. The number of nitrogens with zero attached hydrogens (tertiary/aromatic N) is 1. The predicted octanol–water partition coefficient (Wildman–Crippen LogP) is 4.08. The zero-order valence-corrected chi connectivity index (χ0v) is 18.7. The van der Waals surface area contributed by atoms with Gasteiger partial charge in [0.25, 0.3) is 0 Å². The van der Waals surface area contributed by atoms with Crippen molar-refractivity contribution in [3.63, 3.8) is 0 Å². The molecule has 2 aromatic carbocycles. The molecule has 0 bridgehead atoms. The monoisotopic (exact) mass is 417 g/mol. The summed E-state index contributed by atoms with van der Waals surface area (Å²) in [5, 5.41) is 5.98. The molecule has 2 rings (SSSR count). The number of carbonyl (C=O) groups excluding carboxylic acids is 1. The number of unbranched alkanes of at least 4 members (excludes halogenated alkanes) is 1. The van der Waals surface area contributed by atoms with Crippen LogP contribution in [0, 0.1) is 20.8 Å².